The third-order valence-electron chi connectivity index (χ3n) is 4.93. The van der Waals surface area contributed by atoms with E-state index in [-0.39, 0.29) is 11.5 Å². The van der Waals surface area contributed by atoms with Crippen LogP contribution >= 0.6 is 0 Å². The summed E-state index contributed by atoms with van der Waals surface area (Å²) in [6.45, 7) is 6.81. The van der Waals surface area contributed by atoms with Crippen molar-refractivity contribution in [2.45, 2.75) is 40.3 Å². The van der Waals surface area contributed by atoms with E-state index in [9.17, 15) is 9.18 Å². The van der Waals surface area contributed by atoms with Crippen molar-refractivity contribution in [1.82, 2.24) is 15.1 Å². The number of benzene rings is 2. The first-order valence-electron chi connectivity index (χ1n) is 10.5. The van der Waals surface area contributed by atoms with Gasteiger partial charge in [0.25, 0.3) is 5.91 Å². The molecule has 3 rings (SSSR count). The maximum atomic E-state index is 13.9. The highest BCUT2D eigenvalue weighted by Crippen LogP contribution is 2.23. The second-order valence-electron chi connectivity index (χ2n) is 7.41. The van der Waals surface area contributed by atoms with Gasteiger partial charge in [-0.05, 0) is 50.1 Å². The van der Waals surface area contributed by atoms with Gasteiger partial charge in [-0.3, -0.25) is 14.8 Å². The Bertz CT molecular complexity index is 1120. The summed E-state index contributed by atoms with van der Waals surface area (Å²) in [7, 11) is 1.57. The molecule has 8 heteroatoms. The quantitative estimate of drug-likeness (QED) is 0.423. The monoisotopic (exact) mass is 437 g/mol. The summed E-state index contributed by atoms with van der Waals surface area (Å²) < 4.78 is 21.2. The third-order valence-corrected chi connectivity index (χ3v) is 4.93. The highest BCUT2D eigenvalue weighted by Gasteiger charge is 2.13. The van der Waals surface area contributed by atoms with Crippen molar-refractivity contribution < 1.29 is 13.9 Å². The molecule has 0 radical (unpaired) electrons. The third kappa shape index (κ3) is 5.72. The van der Waals surface area contributed by atoms with Crippen LogP contribution in [-0.2, 0) is 13.1 Å². The summed E-state index contributed by atoms with van der Waals surface area (Å²) >= 11 is 0. The van der Waals surface area contributed by atoms with Crippen LogP contribution in [0.15, 0.2) is 53.7 Å². The van der Waals surface area contributed by atoms with Gasteiger partial charge in [0.1, 0.15) is 11.6 Å². The van der Waals surface area contributed by atoms with Crippen LogP contribution in [0.5, 0.6) is 5.75 Å². The van der Waals surface area contributed by atoms with Crippen molar-refractivity contribution in [2.24, 2.45) is 4.99 Å². The number of guanidine groups is 1. The molecule has 3 aromatic rings. The number of rotatable bonds is 7. The van der Waals surface area contributed by atoms with E-state index in [1.165, 1.54) is 6.07 Å². The fourth-order valence-corrected chi connectivity index (χ4v) is 3.12. The first-order chi connectivity index (χ1) is 15.4. The molecule has 32 heavy (non-hydrogen) atoms. The van der Waals surface area contributed by atoms with Gasteiger partial charge in [0.05, 0.1) is 25.0 Å². The Morgan fingerprint density at radius 1 is 1.22 bits per heavy atom. The Balaban J connectivity index is 1.87. The molecule has 0 aliphatic carbocycles. The number of methoxy groups -OCH3 is 1. The van der Waals surface area contributed by atoms with Gasteiger partial charge >= 0.3 is 0 Å². The van der Waals surface area contributed by atoms with Crippen LogP contribution in [0.2, 0.25) is 0 Å². The average Bonchev–Trinajstić information content (AvgIpc) is 3.13. The molecule has 0 aliphatic rings. The van der Waals surface area contributed by atoms with Crippen LogP contribution in [0.1, 0.15) is 40.5 Å². The molecule has 2 aromatic carbocycles. The fourth-order valence-electron chi connectivity index (χ4n) is 3.12. The number of nitrogens with zero attached hydrogens (tertiary/aromatic N) is 3. The molecule has 1 amide bonds. The number of aliphatic imine (C=N–C) groups is 1. The largest absolute Gasteiger partial charge is 0.495 e. The molecule has 0 saturated heterocycles. The van der Waals surface area contributed by atoms with Crippen LogP contribution < -0.4 is 15.4 Å². The molecule has 0 unspecified atom stereocenters. The van der Waals surface area contributed by atoms with Crippen LogP contribution in [0.25, 0.3) is 0 Å². The summed E-state index contributed by atoms with van der Waals surface area (Å²) in [5.41, 5.74) is 3.15. The van der Waals surface area contributed by atoms with Gasteiger partial charge in [-0.15, -0.1) is 0 Å². The summed E-state index contributed by atoms with van der Waals surface area (Å²) in [5.74, 6) is -0.0814. The predicted molar refractivity (Wildman–Crippen MR) is 124 cm³/mol. The number of carbonyl (C=O) groups is 1. The number of carbonyl (C=O) groups excluding carboxylic acids is 1. The van der Waals surface area contributed by atoms with Crippen LogP contribution in [0.3, 0.4) is 0 Å². The van der Waals surface area contributed by atoms with Gasteiger partial charge in [-0.2, -0.15) is 5.10 Å². The van der Waals surface area contributed by atoms with Gasteiger partial charge in [0.2, 0.25) is 5.96 Å². The minimum Gasteiger partial charge on any atom is -0.495 e. The second-order valence-corrected chi connectivity index (χ2v) is 7.41. The zero-order valence-electron chi connectivity index (χ0n) is 18.8. The van der Waals surface area contributed by atoms with Crippen molar-refractivity contribution >= 4 is 17.6 Å². The number of para-hydroxylation sites is 2. The van der Waals surface area contributed by atoms with Crippen molar-refractivity contribution in [3.8, 4) is 5.75 Å². The minimum atomic E-state index is -0.469. The number of amides is 1. The van der Waals surface area contributed by atoms with E-state index < -0.39 is 11.7 Å². The molecular weight excluding hydrogens is 409 g/mol. The zero-order valence-corrected chi connectivity index (χ0v) is 18.8. The van der Waals surface area contributed by atoms with Gasteiger partial charge in [0.15, 0.2) is 0 Å². The maximum Gasteiger partial charge on any atom is 0.258 e. The van der Waals surface area contributed by atoms with Gasteiger partial charge in [-0.1, -0.05) is 25.1 Å². The molecule has 2 N–H and O–H groups in total. The fraction of sp³-hybridized carbons (Fsp3) is 0.292. The number of anilines is 1. The topological polar surface area (TPSA) is 80.5 Å². The molecule has 1 heterocycles. The molecular formula is C24H28FN5O2. The molecule has 0 saturated carbocycles. The van der Waals surface area contributed by atoms with Crippen molar-refractivity contribution in [2.75, 3.05) is 12.4 Å². The van der Waals surface area contributed by atoms with E-state index in [1.807, 2.05) is 36.0 Å². The van der Waals surface area contributed by atoms with Crippen molar-refractivity contribution in [1.29, 1.82) is 0 Å². The average molecular weight is 438 g/mol. The zero-order chi connectivity index (χ0) is 23.1. The number of nitrogens with one attached hydrogen (secondary N) is 2. The maximum absolute atomic E-state index is 13.9. The van der Waals surface area contributed by atoms with Gasteiger partial charge in [-0.25, -0.2) is 9.38 Å². The standard InChI is InChI=1S/C24H28FN5O2/c1-5-12-30-15-19(17(3)29-30)14-26-24(27-21-8-6-7-9-22(21)32-4)28-23(31)18-11-10-16(2)20(25)13-18/h6-11,13,15H,5,12,14H2,1-4H3,(H2,26,27,28,31). The van der Waals surface area contributed by atoms with E-state index in [0.717, 1.165) is 24.2 Å². The first kappa shape index (κ1) is 23.0. The summed E-state index contributed by atoms with van der Waals surface area (Å²) in [4.78, 5) is 17.4. The van der Waals surface area contributed by atoms with E-state index in [4.69, 9.17) is 4.74 Å². The number of ether oxygens (including phenoxy) is 1. The summed E-state index contributed by atoms with van der Waals surface area (Å²) in [5, 5.41) is 10.4. The summed E-state index contributed by atoms with van der Waals surface area (Å²) in [6, 6.07) is 11.7. The summed E-state index contributed by atoms with van der Waals surface area (Å²) in [6.07, 6.45) is 2.94. The normalized spacial score (nSPS) is 11.3. The van der Waals surface area contributed by atoms with Crippen LogP contribution in [0.4, 0.5) is 10.1 Å². The smallest absolute Gasteiger partial charge is 0.258 e. The lowest BCUT2D eigenvalue weighted by Crippen LogP contribution is -2.36. The Labute approximate surface area is 187 Å². The van der Waals surface area contributed by atoms with Crippen molar-refractivity contribution in [3.05, 3.63) is 76.9 Å². The van der Waals surface area contributed by atoms with Crippen LogP contribution in [-0.4, -0.2) is 28.8 Å². The Morgan fingerprint density at radius 3 is 2.72 bits per heavy atom. The molecule has 0 bridgehead atoms. The van der Waals surface area contributed by atoms with E-state index in [0.29, 0.717) is 23.5 Å². The number of hydrogen-bond acceptors (Lipinski definition) is 4. The van der Waals surface area contributed by atoms with E-state index in [2.05, 4.69) is 27.6 Å². The molecule has 7 nitrogen and oxygen atoms in total. The van der Waals surface area contributed by atoms with Gasteiger partial charge < -0.3 is 10.1 Å². The van der Waals surface area contributed by atoms with E-state index >= 15 is 0 Å². The molecule has 0 spiro atoms. The Kier molecular flexibility index (Phi) is 7.59. The number of hydrogen-bond donors (Lipinski definition) is 2. The minimum absolute atomic E-state index is 0.203. The van der Waals surface area contributed by atoms with E-state index in [1.54, 1.807) is 32.2 Å². The van der Waals surface area contributed by atoms with Gasteiger partial charge in [0, 0.05) is 23.9 Å². The number of halogens is 1. The molecule has 168 valence electrons. The second kappa shape index (κ2) is 10.6. The molecule has 0 fully saturated rings. The predicted octanol–water partition coefficient (Wildman–Crippen LogP) is 4.46. The lowest BCUT2D eigenvalue weighted by atomic mass is 10.1. The van der Waals surface area contributed by atoms with Crippen molar-refractivity contribution in [3.63, 3.8) is 0 Å². The lowest BCUT2D eigenvalue weighted by molar-refractivity contribution is 0.0976. The molecule has 0 atom stereocenters. The Morgan fingerprint density at radius 2 is 2.00 bits per heavy atom. The molecule has 0 aliphatic heterocycles. The number of aryl methyl sites for hydroxylation is 3. The Hall–Kier alpha value is -3.68. The first-order valence-corrected chi connectivity index (χ1v) is 10.5. The SMILES string of the molecule is CCCn1cc(CN=C(NC(=O)c2ccc(C)c(F)c2)Nc2ccccc2OC)c(C)n1. The van der Waals surface area contributed by atoms with Crippen LogP contribution in [0, 0.1) is 19.7 Å². The lowest BCUT2D eigenvalue weighted by Gasteiger charge is -2.14. The highest BCUT2D eigenvalue weighted by atomic mass is 19.1. The number of aromatic nitrogens is 2. The molecule has 1 aromatic heterocycles. The highest BCUT2D eigenvalue weighted by molar-refractivity contribution is 6.10.